The van der Waals surface area contributed by atoms with Crippen molar-refractivity contribution < 1.29 is 14.4 Å². The van der Waals surface area contributed by atoms with E-state index in [4.69, 9.17) is 21.2 Å². The van der Waals surface area contributed by atoms with E-state index in [0.717, 1.165) is 5.56 Å². The third-order valence-corrected chi connectivity index (χ3v) is 4.21. The second kappa shape index (κ2) is 8.51. The minimum Gasteiger partial charge on any atom is -0.464 e. The van der Waals surface area contributed by atoms with Gasteiger partial charge in [-0.25, -0.2) is 9.48 Å². The molecule has 0 atom stereocenters. The van der Waals surface area contributed by atoms with Crippen LogP contribution in [0.15, 0.2) is 59.8 Å². The van der Waals surface area contributed by atoms with E-state index in [1.54, 1.807) is 0 Å². The van der Waals surface area contributed by atoms with E-state index in [1.165, 1.54) is 23.6 Å². The van der Waals surface area contributed by atoms with Crippen LogP contribution in [0.2, 0.25) is 5.15 Å². The van der Waals surface area contributed by atoms with Crippen molar-refractivity contribution in [2.24, 2.45) is 5.16 Å². The Balaban J connectivity index is 1.83. The smallest absolute Gasteiger partial charge is 0.359 e. The number of benzene rings is 2. The van der Waals surface area contributed by atoms with Crippen LogP contribution in [-0.4, -0.2) is 29.1 Å². The van der Waals surface area contributed by atoms with Crippen LogP contribution in [0, 0.1) is 6.92 Å². The maximum atomic E-state index is 12.1. The van der Waals surface area contributed by atoms with Crippen molar-refractivity contribution in [2.75, 3.05) is 7.11 Å². The van der Waals surface area contributed by atoms with E-state index in [2.05, 4.69) is 10.3 Å². The van der Waals surface area contributed by atoms with Gasteiger partial charge < -0.3 is 9.57 Å². The van der Waals surface area contributed by atoms with Gasteiger partial charge in [-0.05, 0) is 24.6 Å². The van der Waals surface area contributed by atoms with Crippen LogP contribution < -0.4 is 0 Å². The Morgan fingerprint density at radius 1 is 1.19 bits per heavy atom. The van der Waals surface area contributed by atoms with Gasteiger partial charge in [0.05, 0.1) is 24.6 Å². The number of oxime groups is 1. The molecule has 0 spiro atoms. The molecule has 0 saturated heterocycles. The predicted molar refractivity (Wildman–Crippen MR) is 103 cm³/mol. The van der Waals surface area contributed by atoms with E-state index >= 15 is 0 Å². The van der Waals surface area contributed by atoms with Crippen molar-refractivity contribution in [3.63, 3.8) is 0 Å². The van der Waals surface area contributed by atoms with E-state index in [9.17, 15) is 4.79 Å². The molecule has 2 aromatic carbocycles. The number of para-hydroxylation sites is 1. The highest BCUT2D eigenvalue weighted by Crippen LogP contribution is 2.23. The van der Waals surface area contributed by atoms with Gasteiger partial charge in [-0.15, -0.1) is 0 Å². The number of hydrogen-bond donors (Lipinski definition) is 0. The summed E-state index contributed by atoms with van der Waals surface area (Å²) in [6.07, 6.45) is 1.37. The lowest BCUT2D eigenvalue weighted by Gasteiger charge is -2.02. The van der Waals surface area contributed by atoms with Crippen molar-refractivity contribution in [2.45, 2.75) is 13.5 Å². The molecule has 0 N–H and O–H groups in total. The standard InChI is InChI=1S/C20H18ClN3O3/c1-14-8-10-15(11-9-14)13-27-22-12-17-18(20(25)26-2)23-24(19(17)21)16-6-4-3-5-7-16/h3-12H,13H2,1-2H3/b22-12+. The molecule has 0 aliphatic rings. The molecule has 27 heavy (non-hydrogen) atoms. The summed E-state index contributed by atoms with van der Waals surface area (Å²) in [5.74, 6) is -0.605. The van der Waals surface area contributed by atoms with Gasteiger partial charge in [-0.1, -0.05) is 64.8 Å². The molecule has 3 aromatic rings. The maximum absolute atomic E-state index is 12.1. The fourth-order valence-corrected chi connectivity index (χ4v) is 2.67. The van der Waals surface area contributed by atoms with Gasteiger partial charge in [0, 0.05) is 0 Å². The number of rotatable bonds is 6. The highest BCUT2D eigenvalue weighted by Gasteiger charge is 2.22. The first-order valence-electron chi connectivity index (χ1n) is 8.23. The van der Waals surface area contributed by atoms with E-state index < -0.39 is 5.97 Å². The predicted octanol–water partition coefficient (Wildman–Crippen LogP) is 4.17. The number of nitrogens with zero attached hydrogens (tertiary/aromatic N) is 3. The molecule has 0 aliphatic heterocycles. The lowest BCUT2D eigenvalue weighted by atomic mass is 10.2. The summed E-state index contributed by atoms with van der Waals surface area (Å²) in [6, 6.07) is 17.2. The molecular formula is C20H18ClN3O3. The molecule has 3 rings (SSSR count). The maximum Gasteiger partial charge on any atom is 0.359 e. The zero-order chi connectivity index (χ0) is 19.2. The van der Waals surface area contributed by atoms with Crippen LogP contribution in [-0.2, 0) is 16.2 Å². The summed E-state index contributed by atoms with van der Waals surface area (Å²) >= 11 is 6.42. The molecular weight excluding hydrogens is 366 g/mol. The summed E-state index contributed by atoms with van der Waals surface area (Å²) in [5.41, 5.74) is 3.26. The lowest BCUT2D eigenvalue weighted by molar-refractivity contribution is 0.0593. The van der Waals surface area contributed by atoms with Crippen molar-refractivity contribution in [1.29, 1.82) is 0 Å². The molecule has 6 nitrogen and oxygen atoms in total. The van der Waals surface area contributed by atoms with Crippen molar-refractivity contribution >= 4 is 23.8 Å². The zero-order valence-corrected chi connectivity index (χ0v) is 15.7. The normalized spacial score (nSPS) is 10.9. The van der Waals surface area contributed by atoms with Crippen molar-refractivity contribution in [1.82, 2.24) is 9.78 Å². The molecule has 7 heteroatoms. The Labute approximate surface area is 162 Å². The number of carbonyl (C=O) groups is 1. The van der Waals surface area contributed by atoms with Crippen LogP contribution in [0.3, 0.4) is 0 Å². The molecule has 0 aliphatic carbocycles. The number of aromatic nitrogens is 2. The lowest BCUT2D eigenvalue weighted by Crippen LogP contribution is -2.06. The summed E-state index contributed by atoms with van der Waals surface area (Å²) in [4.78, 5) is 17.4. The molecule has 0 saturated carbocycles. The molecule has 0 unspecified atom stereocenters. The first-order chi connectivity index (χ1) is 13.1. The van der Waals surface area contributed by atoms with Gasteiger partial charge >= 0.3 is 5.97 Å². The van der Waals surface area contributed by atoms with Crippen molar-refractivity contribution in [3.05, 3.63) is 82.1 Å². The van der Waals surface area contributed by atoms with E-state index in [-0.39, 0.29) is 10.8 Å². The average molecular weight is 384 g/mol. The van der Waals surface area contributed by atoms with Crippen LogP contribution in [0.4, 0.5) is 0 Å². The first-order valence-corrected chi connectivity index (χ1v) is 8.61. The Morgan fingerprint density at radius 2 is 1.89 bits per heavy atom. The quantitative estimate of drug-likeness (QED) is 0.364. The van der Waals surface area contributed by atoms with Crippen molar-refractivity contribution in [3.8, 4) is 5.69 Å². The first kappa shape index (κ1) is 18.7. The summed E-state index contributed by atoms with van der Waals surface area (Å²) < 4.78 is 6.25. The topological polar surface area (TPSA) is 65.7 Å². The highest BCUT2D eigenvalue weighted by molar-refractivity contribution is 6.33. The highest BCUT2D eigenvalue weighted by atomic mass is 35.5. The van der Waals surface area contributed by atoms with Gasteiger partial charge in [0.1, 0.15) is 11.8 Å². The summed E-state index contributed by atoms with van der Waals surface area (Å²) in [7, 11) is 1.28. The monoisotopic (exact) mass is 383 g/mol. The SMILES string of the molecule is COC(=O)c1nn(-c2ccccc2)c(Cl)c1/C=N/OCc1ccc(C)cc1. The van der Waals surface area contributed by atoms with Crippen LogP contribution in [0.5, 0.6) is 0 Å². The van der Waals surface area contributed by atoms with Gasteiger partial charge in [-0.2, -0.15) is 5.10 Å². The molecule has 1 heterocycles. The summed E-state index contributed by atoms with van der Waals surface area (Å²) in [6.45, 7) is 2.32. The molecule has 1 aromatic heterocycles. The minimum absolute atomic E-state index is 0.0639. The molecule has 138 valence electrons. The number of esters is 1. The number of methoxy groups -OCH3 is 1. The fourth-order valence-electron chi connectivity index (χ4n) is 2.40. The number of ether oxygens (including phenoxy) is 1. The van der Waals surface area contributed by atoms with Gasteiger partial charge in [0.2, 0.25) is 0 Å². The third-order valence-electron chi connectivity index (χ3n) is 3.85. The number of aryl methyl sites for hydroxylation is 1. The molecule has 0 radical (unpaired) electrons. The average Bonchev–Trinajstić information content (AvgIpc) is 3.03. The molecule has 0 fully saturated rings. The molecule has 0 amide bonds. The Bertz CT molecular complexity index is 951. The Kier molecular flexibility index (Phi) is 5.88. The van der Waals surface area contributed by atoms with E-state index in [1.807, 2.05) is 61.5 Å². The van der Waals surface area contributed by atoms with Crippen LogP contribution in [0.25, 0.3) is 5.69 Å². The number of carbonyl (C=O) groups excluding carboxylic acids is 1. The Hall–Kier alpha value is -3.12. The minimum atomic E-state index is -0.605. The largest absolute Gasteiger partial charge is 0.464 e. The third kappa shape index (κ3) is 4.35. The Morgan fingerprint density at radius 3 is 2.56 bits per heavy atom. The van der Waals surface area contributed by atoms with Crippen LogP contribution in [0.1, 0.15) is 27.2 Å². The van der Waals surface area contributed by atoms with Gasteiger partial charge in [0.25, 0.3) is 0 Å². The number of halogens is 1. The second-order valence-corrected chi connectivity index (χ2v) is 6.14. The second-order valence-electron chi connectivity index (χ2n) is 5.79. The zero-order valence-electron chi connectivity index (χ0n) is 14.9. The van der Waals surface area contributed by atoms with E-state index in [0.29, 0.717) is 17.9 Å². The molecule has 0 bridgehead atoms. The number of hydrogen-bond acceptors (Lipinski definition) is 5. The van der Waals surface area contributed by atoms with Gasteiger partial charge in [-0.3, -0.25) is 0 Å². The fraction of sp³-hybridized carbons (Fsp3) is 0.150. The van der Waals surface area contributed by atoms with Gasteiger partial charge in [0.15, 0.2) is 5.69 Å². The van der Waals surface area contributed by atoms with Crippen LogP contribution >= 0.6 is 11.6 Å². The summed E-state index contributed by atoms with van der Waals surface area (Å²) in [5, 5.41) is 8.43.